The normalized spacial score (nSPS) is 15.7. The number of likely N-dealkylation sites (N-methyl/N-ethyl adjacent to an activating group) is 1. The summed E-state index contributed by atoms with van der Waals surface area (Å²) in [5.74, 6) is -0.181. The highest BCUT2D eigenvalue weighted by Crippen LogP contribution is 2.21. The number of hydrogen-bond donors (Lipinski definition) is 0. The number of amides is 1. The van der Waals surface area contributed by atoms with E-state index in [9.17, 15) is 9.18 Å². The van der Waals surface area contributed by atoms with E-state index < -0.39 is 0 Å². The molecule has 1 aliphatic rings. The predicted molar refractivity (Wildman–Crippen MR) is 89.9 cm³/mol. The minimum absolute atomic E-state index is 0.0738. The molecule has 23 heavy (non-hydrogen) atoms. The molecule has 2 aromatic rings. The van der Waals surface area contributed by atoms with Gasteiger partial charge in [-0.15, -0.1) is 0 Å². The molecule has 0 atom stereocenters. The fourth-order valence-electron chi connectivity index (χ4n) is 2.92. The predicted octanol–water partition coefficient (Wildman–Crippen LogP) is 3.27. The summed E-state index contributed by atoms with van der Waals surface area (Å²) in [6.07, 6.45) is 0. The molecule has 1 amide bonds. The molecule has 0 bridgehead atoms. The van der Waals surface area contributed by atoms with Crippen LogP contribution in [0.4, 0.5) is 4.39 Å². The topological polar surface area (TPSA) is 23.6 Å². The van der Waals surface area contributed by atoms with Crippen molar-refractivity contribution in [1.82, 2.24) is 9.80 Å². The first-order valence-electron chi connectivity index (χ1n) is 8.05. The molecule has 0 unspecified atom stereocenters. The highest BCUT2D eigenvalue weighted by molar-refractivity contribution is 5.95. The van der Waals surface area contributed by atoms with Gasteiger partial charge in [0.15, 0.2) is 0 Å². The number of carbonyl (C=O) groups excluding carboxylic acids is 1. The molecule has 4 heteroatoms. The second-order valence-corrected chi connectivity index (χ2v) is 5.81. The Balaban J connectivity index is 1.77. The summed E-state index contributed by atoms with van der Waals surface area (Å²) in [6, 6.07) is 13.9. The Morgan fingerprint density at radius 3 is 2.35 bits per heavy atom. The Bertz CT molecular complexity index is 676. The van der Waals surface area contributed by atoms with E-state index in [1.807, 2.05) is 29.2 Å². The van der Waals surface area contributed by atoms with Crippen LogP contribution in [-0.4, -0.2) is 48.4 Å². The van der Waals surface area contributed by atoms with E-state index >= 15 is 0 Å². The zero-order chi connectivity index (χ0) is 16.2. The van der Waals surface area contributed by atoms with Crippen molar-refractivity contribution in [3.8, 4) is 11.1 Å². The van der Waals surface area contributed by atoms with E-state index in [2.05, 4.69) is 11.8 Å². The maximum absolute atomic E-state index is 13.0. The van der Waals surface area contributed by atoms with Crippen molar-refractivity contribution in [2.45, 2.75) is 6.92 Å². The fourth-order valence-corrected chi connectivity index (χ4v) is 2.92. The first-order chi connectivity index (χ1) is 11.2. The molecule has 1 heterocycles. The van der Waals surface area contributed by atoms with Crippen molar-refractivity contribution in [2.24, 2.45) is 0 Å². The zero-order valence-electron chi connectivity index (χ0n) is 13.3. The van der Waals surface area contributed by atoms with Crippen LogP contribution in [0.1, 0.15) is 17.3 Å². The molecule has 0 radical (unpaired) electrons. The zero-order valence-corrected chi connectivity index (χ0v) is 13.3. The average molecular weight is 312 g/mol. The van der Waals surface area contributed by atoms with Crippen LogP contribution in [0.5, 0.6) is 0 Å². The summed E-state index contributed by atoms with van der Waals surface area (Å²) in [7, 11) is 0. The van der Waals surface area contributed by atoms with E-state index in [1.54, 1.807) is 12.1 Å². The van der Waals surface area contributed by atoms with Crippen molar-refractivity contribution >= 4 is 5.91 Å². The Morgan fingerprint density at radius 1 is 1.00 bits per heavy atom. The van der Waals surface area contributed by atoms with Gasteiger partial charge in [-0.1, -0.05) is 31.2 Å². The minimum Gasteiger partial charge on any atom is -0.336 e. The van der Waals surface area contributed by atoms with Crippen LogP contribution in [0.15, 0.2) is 48.5 Å². The van der Waals surface area contributed by atoms with Crippen LogP contribution in [0, 0.1) is 5.82 Å². The molecule has 0 N–H and O–H groups in total. The molecule has 1 aliphatic heterocycles. The van der Waals surface area contributed by atoms with Crippen molar-refractivity contribution in [2.75, 3.05) is 32.7 Å². The smallest absolute Gasteiger partial charge is 0.253 e. The number of carbonyl (C=O) groups is 1. The summed E-state index contributed by atoms with van der Waals surface area (Å²) in [4.78, 5) is 16.9. The van der Waals surface area contributed by atoms with Gasteiger partial charge in [-0.25, -0.2) is 4.39 Å². The molecule has 1 saturated heterocycles. The molecule has 0 aromatic heterocycles. The quantitative estimate of drug-likeness (QED) is 0.868. The molecular formula is C19H21FN2O. The lowest BCUT2D eigenvalue weighted by molar-refractivity contribution is 0.0643. The number of nitrogens with zero attached hydrogens (tertiary/aromatic N) is 2. The third kappa shape index (κ3) is 3.59. The SMILES string of the molecule is CCN1CCN(C(=O)c2cccc(-c3ccc(F)cc3)c2)CC1. The maximum Gasteiger partial charge on any atom is 0.253 e. The van der Waals surface area contributed by atoms with Crippen molar-refractivity contribution in [3.63, 3.8) is 0 Å². The Morgan fingerprint density at radius 2 is 1.70 bits per heavy atom. The van der Waals surface area contributed by atoms with E-state index in [-0.39, 0.29) is 11.7 Å². The molecule has 0 aliphatic carbocycles. The van der Waals surface area contributed by atoms with Crippen LogP contribution in [0.2, 0.25) is 0 Å². The van der Waals surface area contributed by atoms with Gasteiger partial charge in [-0.05, 0) is 41.9 Å². The first kappa shape index (κ1) is 15.7. The average Bonchev–Trinajstić information content (AvgIpc) is 2.62. The highest BCUT2D eigenvalue weighted by atomic mass is 19.1. The number of halogens is 1. The molecule has 3 nitrogen and oxygen atoms in total. The highest BCUT2D eigenvalue weighted by Gasteiger charge is 2.21. The summed E-state index contributed by atoms with van der Waals surface area (Å²) >= 11 is 0. The molecule has 3 rings (SSSR count). The molecule has 1 fully saturated rings. The lowest BCUT2D eigenvalue weighted by Gasteiger charge is -2.34. The molecule has 0 saturated carbocycles. The van der Waals surface area contributed by atoms with E-state index in [0.717, 1.165) is 43.9 Å². The summed E-state index contributed by atoms with van der Waals surface area (Å²) < 4.78 is 13.0. The monoisotopic (exact) mass is 312 g/mol. The van der Waals surface area contributed by atoms with Crippen LogP contribution in [0.3, 0.4) is 0 Å². The van der Waals surface area contributed by atoms with E-state index in [4.69, 9.17) is 0 Å². The first-order valence-corrected chi connectivity index (χ1v) is 8.05. The van der Waals surface area contributed by atoms with E-state index in [1.165, 1.54) is 12.1 Å². The Labute approximate surface area is 136 Å². The lowest BCUT2D eigenvalue weighted by Crippen LogP contribution is -2.48. The van der Waals surface area contributed by atoms with Gasteiger partial charge in [0.2, 0.25) is 0 Å². The van der Waals surface area contributed by atoms with Crippen LogP contribution in [-0.2, 0) is 0 Å². The van der Waals surface area contributed by atoms with Gasteiger partial charge in [0.05, 0.1) is 0 Å². The molecule has 120 valence electrons. The lowest BCUT2D eigenvalue weighted by atomic mass is 10.0. The second kappa shape index (κ2) is 6.92. The van der Waals surface area contributed by atoms with Crippen LogP contribution >= 0.6 is 0 Å². The third-order valence-electron chi connectivity index (χ3n) is 4.39. The second-order valence-electron chi connectivity index (χ2n) is 5.81. The Hall–Kier alpha value is -2.20. The fraction of sp³-hybridized carbons (Fsp3) is 0.316. The van der Waals surface area contributed by atoms with Gasteiger partial charge in [0, 0.05) is 31.7 Å². The number of benzene rings is 2. The van der Waals surface area contributed by atoms with Crippen LogP contribution < -0.4 is 0 Å². The largest absolute Gasteiger partial charge is 0.336 e. The van der Waals surface area contributed by atoms with Gasteiger partial charge < -0.3 is 9.80 Å². The molecule has 0 spiro atoms. The van der Waals surface area contributed by atoms with Gasteiger partial charge >= 0.3 is 0 Å². The third-order valence-corrected chi connectivity index (χ3v) is 4.39. The summed E-state index contributed by atoms with van der Waals surface area (Å²) in [5.41, 5.74) is 2.54. The van der Waals surface area contributed by atoms with Gasteiger partial charge in [0.1, 0.15) is 5.82 Å². The maximum atomic E-state index is 13.0. The van der Waals surface area contributed by atoms with Gasteiger partial charge in [0.25, 0.3) is 5.91 Å². The van der Waals surface area contributed by atoms with Crippen molar-refractivity contribution in [1.29, 1.82) is 0 Å². The molecule has 2 aromatic carbocycles. The number of rotatable bonds is 3. The Kier molecular flexibility index (Phi) is 4.72. The number of piperazine rings is 1. The van der Waals surface area contributed by atoms with Crippen molar-refractivity contribution < 1.29 is 9.18 Å². The van der Waals surface area contributed by atoms with Crippen molar-refractivity contribution in [3.05, 3.63) is 59.9 Å². The minimum atomic E-state index is -0.255. The standard InChI is InChI=1S/C19H21FN2O/c1-2-21-10-12-22(13-11-21)19(23)17-5-3-4-16(14-17)15-6-8-18(20)9-7-15/h3-9,14H,2,10-13H2,1H3. The van der Waals surface area contributed by atoms with Crippen LogP contribution in [0.25, 0.3) is 11.1 Å². The summed E-state index contributed by atoms with van der Waals surface area (Å²) in [5, 5.41) is 0. The van der Waals surface area contributed by atoms with Gasteiger partial charge in [-0.2, -0.15) is 0 Å². The number of hydrogen-bond acceptors (Lipinski definition) is 2. The summed E-state index contributed by atoms with van der Waals surface area (Å²) in [6.45, 7) is 6.58. The van der Waals surface area contributed by atoms with E-state index in [0.29, 0.717) is 5.56 Å². The molecular weight excluding hydrogens is 291 g/mol. The van der Waals surface area contributed by atoms with Gasteiger partial charge in [-0.3, -0.25) is 4.79 Å².